The van der Waals surface area contributed by atoms with Crippen LogP contribution in [0.2, 0.25) is 0 Å². The highest BCUT2D eigenvalue weighted by molar-refractivity contribution is 5.94. The van der Waals surface area contributed by atoms with Gasteiger partial charge in [0, 0.05) is 12.1 Å². The molecule has 3 aromatic carbocycles. The van der Waals surface area contributed by atoms with E-state index < -0.39 is 0 Å². The van der Waals surface area contributed by atoms with E-state index >= 15 is 0 Å². The van der Waals surface area contributed by atoms with Crippen LogP contribution in [0.3, 0.4) is 0 Å². The fourth-order valence-electron chi connectivity index (χ4n) is 4.04. The van der Waals surface area contributed by atoms with Crippen molar-refractivity contribution in [3.63, 3.8) is 0 Å². The molecule has 1 atom stereocenters. The lowest BCUT2D eigenvalue weighted by atomic mass is 9.91. The SMILES string of the molecule is COc1ccc(OC[C@@H]2c3cc(OC)c(OC)cc3CCN2C(=O)c2ccccc2)cc1. The summed E-state index contributed by atoms with van der Waals surface area (Å²) in [5.41, 5.74) is 2.79. The van der Waals surface area contributed by atoms with Crippen molar-refractivity contribution in [1.82, 2.24) is 4.90 Å². The van der Waals surface area contributed by atoms with Crippen molar-refractivity contribution in [3.05, 3.63) is 83.4 Å². The molecule has 0 saturated heterocycles. The summed E-state index contributed by atoms with van der Waals surface area (Å²) in [6.07, 6.45) is 0.729. The molecular formula is C26H27NO5. The zero-order valence-electron chi connectivity index (χ0n) is 18.5. The number of fused-ring (bicyclic) bond motifs is 1. The van der Waals surface area contributed by atoms with E-state index in [1.807, 2.05) is 71.6 Å². The van der Waals surface area contributed by atoms with Crippen LogP contribution in [0.15, 0.2) is 66.7 Å². The molecule has 0 aliphatic carbocycles. The zero-order valence-corrected chi connectivity index (χ0v) is 18.5. The van der Waals surface area contributed by atoms with Gasteiger partial charge in [0.15, 0.2) is 11.5 Å². The lowest BCUT2D eigenvalue weighted by molar-refractivity contribution is 0.0589. The van der Waals surface area contributed by atoms with E-state index in [0.717, 1.165) is 23.3 Å². The molecule has 6 heteroatoms. The maximum absolute atomic E-state index is 13.4. The summed E-state index contributed by atoms with van der Waals surface area (Å²) in [5, 5.41) is 0. The van der Waals surface area contributed by atoms with E-state index in [9.17, 15) is 4.79 Å². The van der Waals surface area contributed by atoms with Crippen molar-refractivity contribution < 1.29 is 23.7 Å². The van der Waals surface area contributed by atoms with E-state index in [2.05, 4.69) is 0 Å². The van der Waals surface area contributed by atoms with Gasteiger partial charge in [0.2, 0.25) is 0 Å². The summed E-state index contributed by atoms with van der Waals surface area (Å²) < 4.78 is 22.4. The van der Waals surface area contributed by atoms with E-state index in [1.54, 1.807) is 21.3 Å². The molecule has 0 spiro atoms. The molecule has 0 saturated carbocycles. The molecule has 1 aliphatic rings. The van der Waals surface area contributed by atoms with Crippen LogP contribution in [-0.4, -0.2) is 45.3 Å². The van der Waals surface area contributed by atoms with Crippen molar-refractivity contribution in [2.45, 2.75) is 12.5 Å². The summed E-state index contributed by atoms with van der Waals surface area (Å²) in [6.45, 7) is 0.903. The Labute approximate surface area is 188 Å². The number of benzene rings is 3. The Morgan fingerprint density at radius 2 is 1.53 bits per heavy atom. The third-order valence-corrected chi connectivity index (χ3v) is 5.75. The first-order chi connectivity index (χ1) is 15.6. The molecule has 1 heterocycles. The number of carbonyl (C=O) groups excluding carboxylic acids is 1. The van der Waals surface area contributed by atoms with Crippen LogP contribution in [0.25, 0.3) is 0 Å². The van der Waals surface area contributed by atoms with E-state index in [4.69, 9.17) is 18.9 Å². The molecule has 0 fully saturated rings. The van der Waals surface area contributed by atoms with Crippen LogP contribution in [0.4, 0.5) is 0 Å². The third kappa shape index (κ3) is 4.35. The Hall–Kier alpha value is -3.67. The molecule has 3 aromatic rings. The van der Waals surface area contributed by atoms with E-state index in [0.29, 0.717) is 36.0 Å². The van der Waals surface area contributed by atoms with Gasteiger partial charge in [-0.1, -0.05) is 18.2 Å². The zero-order chi connectivity index (χ0) is 22.5. The van der Waals surface area contributed by atoms with Crippen LogP contribution >= 0.6 is 0 Å². The number of methoxy groups -OCH3 is 3. The predicted octanol–water partition coefficient (Wildman–Crippen LogP) is 4.53. The van der Waals surface area contributed by atoms with Crippen LogP contribution in [-0.2, 0) is 6.42 Å². The first kappa shape index (κ1) is 21.6. The molecule has 4 rings (SSSR count). The maximum Gasteiger partial charge on any atom is 0.254 e. The maximum atomic E-state index is 13.4. The van der Waals surface area contributed by atoms with Gasteiger partial charge in [0.25, 0.3) is 5.91 Å². The Morgan fingerprint density at radius 1 is 0.875 bits per heavy atom. The number of hydrogen-bond donors (Lipinski definition) is 0. The number of hydrogen-bond acceptors (Lipinski definition) is 5. The summed E-state index contributed by atoms with van der Waals surface area (Å²) in [7, 11) is 4.87. The van der Waals surface area contributed by atoms with Crippen molar-refractivity contribution in [3.8, 4) is 23.0 Å². The molecule has 32 heavy (non-hydrogen) atoms. The van der Waals surface area contributed by atoms with Gasteiger partial charge in [0.1, 0.15) is 18.1 Å². The molecule has 166 valence electrons. The normalized spacial score (nSPS) is 15.0. The topological polar surface area (TPSA) is 57.2 Å². The van der Waals surface area contributed by atoms with Crippen LogP contribution in [0.1, 0.15) is 27.5 Å². The van der Waals surface area contributed by atoms with Crippen molar-refractivity contribution in [2.24, 2.45) is 0 Å². The summed E-state index contributed by atoms with van der Waals surface area (Å²) in [6, 6.07) is 20.5. The molecule has 0 radical (unpaired) electrons. The molecular weight excluding hydrogens is 406 g/mol. The van der Waals surface area contributed by atoms with Gasteiger partial charge in [-0.25, -0.2) is 0 Å². The Balaban J connectivity index is 1.68. The van der Waals surface area contributed by atoms with Crippen LogP contribution in [0, 0.1) is 0 Å². The monoisotopic (exact) mass is 433 g/mol. The van der Waals surface area contributed by atoms with Gasteiger partial charge in [-0.15, -0.1) is 0 Å². The molecule has 0 N–H and O–H groups in total. The van der Waals surface area contributed by atoms with Crippen molar-refractivity contribution >= 4 is 5.91 Å². The van der Waals surface area contributed by atoms with Gasteiger partial charge in [-0.2, -0.15) is 0 Å². The number of rotatable bonds is 7. The fourth-order valence-corrected chi connectivity index (χ4v) is 4.04. The molecule has 0 unspecified atom stereocenters. The van der Waals surface area contributed by atoms with Crippen molar-refractivity contribution in [1.29, 1.82) is 0 Å². The number of nitrogens with zero attached hydrogens (tertiary/aromatic N) is 1. The van der Waals surface area contributed by atoms with E-state index in [1.165, 1.54) is 0 Å². The lowest BCUT2D eigenvalue weighted by Crippen LogP contribution is -2.42. The quantitative estimate of drug-likeness (QED) is 0.548. The average Bonchev–Trinajstić information content (AvgIpc) is 2.86. The minimum absolute atomic E-state index is 0.0191. The van der Waals surface area contributed by atoms with Gasteiger partial charge < -0.3 is 23.8 Å². The van der Waals surface area contributed by atoms with Gasteiger partial charge in [-0.05, 0) is 66.1 Å². The summed E-state index contributed by atoms with van der Waals surface area (Å²) in [4.78, 5) is 15.3. The summed E-state index contributed by atoms with van der Waals surface area (Å²) >= 11 is 0. The minimum Gasteiger partial charge on any atom is -0.497 e. The molecule has 0 bridgehead atoms. The second-order valence-electron chi connectivity index (χ2n) is 7.52. The average molecular weight is 434 g/mol. The largest absolute Gasteiger partial charge is 0.497 e. The lowest BCUT2D eigenvalue weighted by Gasteiger charge is -2.37. The van der Waals surface area contributed by atoms with Crippen molar-refractivity contribution in [2.75, 3.05) is 34.5 Å². The van der Waals surface area contributed by atoms with Crippen LogP contribution < -0.4 is 18.9 Å². The highest BCUT2D eigenvalue weighted by Crippen LogP contribution is 2.39. The van der Waals surface area contributed by atoms with Gasteiger partial charge in [0.05, 0.1) is 27.4 Å². The minimum atomic E-state index is -0.270. The first-order valence-electron chi connectivity index (χ1n) is 10.5. The summed E-state index contributed by atoms with van der Waals surface area (Å²) in [5.74, 6) is 2.77. The fraction of sp³-hybridized carbons (Fsp3) is 0.269. The van der Waals surface area contributed by atoms with E-state index in [-0.39, 0.29) is 11.9 Å². The third-order valence-electron chi connectivity index (χ3n) is 5.75. The number of carbonyl (C=O) groups is 1. The highest BCUT2D eigenvalue weighted by atomic mass is 16.5. The Kier molecular flexibility index (Phi) is 6.50. The second-order valence-corrected chi connectivity index (χ2v) is 7.52. The molecule has 1 amide bonds. The standard InChI is InChI=1S/C26H27NO5/c1-29-20-9-11-21(12-10-20)32-17-23-22-16-25(31-3)24(30-2)15-19(22)13-14-27(23)26(28)18-7-5-4-6-8-18/h4-12,15-16,23H,13-14,17H2,1-3H3/t23-/m1/s1. The molecule has 0 aromatic heterocycles. The van der Waals surface area contributed by atoms with Gasteiger partial charge in [-0.3, -0.25) is 4.79 Å². The van der Waals surface area contributed by atoms with Crippen LogP contribution in [0.5, 0.6) is 23.0 Å². The molecule has 6 nitrogen and oxygen atoms in total. The highest BCUT2D eigenvalue weighted by Gasteiger charge is 2.33. The second kappa shape index (κ2) is 9.64. The predicted molar refractivity (Wildman–Crippen MR) is 122 cm³/mol. The molecule has 1 aliphatic heterocycles. The number of amides is 1. The number of ether oxygens (including phenoxy) is 4. The Morgan fingerprint density at radius 3 is 2.19 bits per heavy atom. The Bertz CT molecular complexity index is 1070. The first-order valence-corrected chi connectivity index (χ1v) is 10.5. The smallest absolute Gasteiger partial charge is 0.254 e. The van der Waals surface area contributed by atoms with Gasteiger partial charge >= 0.3 is 0 Å².